The number of amides is 1. The molecule has 0 unspecified atom stereocenters. The van der Waals surface area contributed by atoms with E-state index in [2.05, 4.69) is 37.9 Å². The number of carbonyl (C=O) groups excluding carboxylic acids is 1. The lowest BCUT2D eigenvalue weighted by Crippen LogP contribution is -2.28. The topological polar surface area (TPSA) is 58.1 Å². The highest BCUT2D eigenvalue weighted by Crippen LogP contribution is 2.30. The molecule has 0 radical (unpaired) electrons. The van der Waals surface area contributed by atoms with Gasteiger partial charge in [-0.2, -0.15) is 0 Å². The fourth-order valence-electron chi connectivity index (χ4n) is 3.24. The van der Waals surface area contributed by atoms with Crippen molar-refractivity contribution in [1.29, 1.82) is 0 Å². The first-order chi connectivity index (χ1) is 12.6. The van der Waals surface area contributed by atoms with Gasteiger partial charge >= 0.3 is 0 Å². The van der Waals surface area contributed by atoms with Crippen molar-refractivity contribution in [3.63, 3.8) is 0 Å². The number of hydrogen-bond acceptors (Lipinski definition) is 4. The first-order valence-corrected chi connectivity index (χ1v) is 9.78. The van der Waals surface area contributed by atoms with Gasteiger partial charge < -0.3 is 10.2 Å². The Hall–Kier alpha value is -1.93. The Morgan fingerprint density at radius 3 is 2.52 bits per heavy atom. The van der Waals surface area contributed by atoms with Crippen molar-refractivity contribution in [3.05, 3.63) is 57.4 Å². The number of pyridine rings is 2. The number of rotatable bonds is 3. The molecule has 3 heterocycles. The number of carbonyl (C=O) groups is 1. The maximum absolute atomic E-state index is 13.0. The molecule has 1 aliphatic rings. The summed E-state index contributed by atoms with van der Waals surface area (Å²) in [6.07, 6.45) is 3.78. The summed E-state index contributed by atoms with van der Waals surface area (Å²) in [4.78, 5) is 23.9. The number of nitrogens with zero attached hydrogens (tertiary/aromatic N) is 3. The minimum absolute atomic E-state index is 0. The summed E-state index contributed by atoms with van der Waals surface area (Å²) < 4.78 is 1.17. The van der Waals surface area contributed by atoms with Gasteiger partial charge in [-0.25, -0.2) is 9.97 Å². The molecule has 1 N–H and O–H groups in total. The second-order valence-corrected chi connectivity index (χ2v) is 7.75. The van der Waals surface area contributed by atoms with Crippen LogP contribution >= 0.6 is 35.0 Å². The largest absolute Gasteiger partial charge is 0.354 e. The lowest BCUT2D eigenvalue weighted by Gasteiger charge is -2.19. The molecule has 1 aromatic carbocycles. The molecule has 2 aromatic heterocycles. The summed E-state index contributed by atoms with van der Waals surface area (Å²) >= 11 is 2.28. The average molecular weight is 495 g/mol. The molecule has 0 aliphatic carbocycles. The first kappa shape index (κ1) is 19.8. The molecule has 1 aliphatic heterocycles. The lowest BCUT2D eigenvalue weighted by molar-refractivity contribution is 0.0793. The van der Waals surface area contributed by atoms with Crippen LogP contribution in [0, 0.1) is 10.5 Å². The Bertz CT molecular complexity index is 972. The van der Waals surface area contributed by atoms with Crippen molar-refractivity contribution in [2.24, 2.45) is 0 Å². The second-order valence-electron chi connectivity index (χ2n) is 6.50. The SMILES string of the molecule is Cc1ccc2c(Nc3ccc(I)cc3)c(C(=O)N3CCCC3)cnc2n1.Cl. The highest BCUT2D eigenvalue weighted by atomic mass is 127. The Kier molecular flexibility index (Phi) is 6.16. The molecule has 0 spiro atoms. The third-order valence-corrected chi connectivity index (χ3v) is 5.33. The Balaban J connectivity index is 0.00000210. The van der Waals surface area contributed by atoms with E-state index in [1.54, 1.807) is 6.20 Å². The van der Waals surface area contributed by atoms with Crippen LogP contribution in [0.2, 0.25) is 0 Å². The molecule has 5 nitrogen and oxygen atoms in total. The van der Waals surface area contributed by atoms with E-state index in [1.165, 1.54) is 3.57 Å². The molecular weight excluding hydrogens is 475 g/mol. The van der Waals surface area contributed by atoms with Gasteiger partial charge in [0, 0.05) is 39.6 Å². The molecule has 27 heavy (non-hydrogen) atoms. The van der Waals surface area contributed by atoms with Crippen LogP contribution in [0.4, 0.5) is 11.4 Å². The minimum atomic E-state index is 0. The van der Waals surface area contributed by atoms with Crippen LogP contribution in [0.5, 0.6) is 0 Å². The zero-order valence-electron chi connectivity index (χ0n) is 14.9. The van der Waals surface area contributed by atoms with E-state index < -0.39 is 0 Å². The van der Waals surface area contributed by atoms with E-state index in [-0.39, 0.29) is 18.3 Å². The van der Waals surface area contributed by atoms with E-state index in [1.807, 2.05) is 48.2 Å². The van der Waals surface area contributed by atoms with Crippen LogP contribution in [-0.2, 0) is 0 Å². The lowest BCUT2D eigenvalue weighted by atomic mass is 10.1. The number of hydrogen-bond donors (Lipinski definition) is 1. The van der Waals surface area contributed by atoms with Crippen LogP contribution < -0.4 is 5.32 Å². The zero-order chi connectivity index (χ0) is 18.1. The van der Waals surface area contributed by atoms with Crippen molar-refractivity contribution in [2.75, 3.05) is 18.4 Å². The van der Waals surface area contributed by atoms with Crippen LogP contribution in [0.1, 0.15) is 28.9 Å². The van der Waals surface area contributed by atoms with Crippen molar-refractivity contribution >= 4 is 63.3 Å². The number of aryl methyl sites for hydroxylation is 1. The molecular formula is C20H20ClIN4O. The van der Waals surface area contributed by atoms with Gasteiger partial charge in [-0.15, -0.1) is 12.4 Å². The Morgan fingerprint density at radius 2 is 1.81 bits per heavy atom. The normalized spacial score (nSPS) is 13.5. The summed E-state index contributed by atoms with van der Waals surface area (Å²) in [5.74, 6) is 0.0329. The molecule has 140 valence electrons. The number of aromatic nitrogens is 2. The Morgan fingerprint density at radius 1 is 1.11 bits per heavy atom. The average Bonchev–Trinajstić information content (AvgIpc) is 3.18. The zero-order valence-corrected chi connectivity index (χ0v) is 17.9. The first-order valence-electron chi connectivity index (χ1n) is 8.70. The standard InChI is InChI=1S/C20H19IN4O.ClH/c1-13-4-9-16-18(24-15-7-5-14(21)6-8-15)17(12-22-19(16)23-13)20(26)25-10-2-3-11-25;/h4-9,12H,2-3,10-11H2,1H3,(H,22,23,24);1H. The molecule has 0 atom stereocenters. The number of likely N-dealkylation sites (tertiary alicyclic amines) is 1. The van der Waals surface area contributed by atoms with Gasteiger partial charge in [-0.05, 0) is 78.8 Å². The second kappa shape index (κ2) is 8.39. The summed E-state index contributed by atoms with van der Waals surface area (Å²) in [5.41, 5.74) is 3.87. The van der Waals surface area contributed by atoms with Crippen molar-refractivity contribution in [1.82, 2.24) is 14.9 Å². The van der Waals surface area contributed by atoms with E-state index in [0.29, 0.717) is 11.2 Å². The third-order valence-electron chi connectivity index (χ3n) is 4.61. The molecule has 3 aromatic rings. The fourth-order valence-corrected chi connectivity index (χ4v) is 3.60. The Labute approximate surface area is 178 Å². The molecule has 7 heteroatoms. The molecule has 1 fully saturated rings. The fraction of sp³-hybridized carbons (Fsp3) is 0.250. The molecule has 0 saturated carbocycles. The molecule has 0 bridgehead atoms. The summed E-state index contributed by atoms with van der Waals surface area (Å²) in [6, 6.07) is 12.0. The van der Waals surface area contributed by atoms with E-state index in [4.69, 9.17) is 0 Å². The number of nitrogens with one attached hydrogen (secondary N) is 1. The number of halogens is 2. The molecule has 1 amide bonds. The van der Waals surface area contributed by atoms with Crippen LogP contribution in [0.3, 0.4) is 0 Å². The summed E-state index contributed by atoms with van der Waals surface area (Å²) in [5, 5.41) is 4.30. The van der Waals surface area contributed by atoms with Gasteiger partial charge in [0.2, 0.25) is 0 Å². The van der Waals surface area contributed by atoms with E-state index in [0.717, 1.165) is 48.4 Å². The van der Waals surface area contributed by atoms with Crippen LogP contribution in [0.15, 0.2) is 42.6 Å². The van der Waals surface area contributed by atoms with E-state index >= 15 is 0 Å². The number of benzene rings is 1. The van der Waals surface area contributed by atoms with Crippen molar-refractivity contribution in [2.45, 2.75) is 19.8 Å². The maximum atomic E-state index is 13.0. The summed E-state index contributed by atoms with van der Waals surface area (Å²) in [6.45, 7) is 3.56. The smallest absolute Gasteiger partial charge is 0.257 e. The van der Waals surface area contributed by atoms with Crippen molar-refractivity contribution in [3.8, 4) is 0 Å². The molecule has 4 rings (SSSR count). The van der Waals surface area contributed by atoms with Gasteiger partial charge in [0.15, 0.2) is 5.65 Å². The quantitative estimate of drug-likeness (QED) is 0.524. The number of anilines is 2. The van der Waals surface area contributed by atoms with E-state index in [9.17, 15) is 4.79 Å². The third kappa shape index (κ3) is 4.16. The van der Waals surface area contributed by atoms with Gasteiger partial charge in [-0.3, -0.25) is 4.79 Å². The minimum Gasteiger partial charge on any atom is -0.354 e. The van der Waals surface area contributed by atoms with Gasteiger partial charge in [0.25, 0.3) is 5.91 Å². The highest BCUT2D eigenvalue weighted by Gasteiger charge is 2.24. The highest BCUT2D eigenvalue weighted by molar-refractivity contribution is 14.1. The van der Waals surface area contributed by atoms with Gasteiger partial charge in [0.05, 0.1) is 11.3 Å². The maximum Gasteiger partial charge on any atom is 0.257 e. The van der Waals surface area contributed by atoms with Crippen LogP contribution in [-0.4, -0.2) is 33.9 Å². The van der Waals surface area contributed by atoms with Crippen LogP contribution in [0.25, 0.3) is 11.0 Å². The van der Waals surface area contributed by atoms with Gasteiger partial charge in [0.1, 0.15) is 0 Å². The monoisotopic (exact) mass is 494 g/mol. The van der Waals surface area contributed by atoms with Gasteiger partial charge in [-0.1, -0.05) is 0 Å². The molecule has 1 saturated heterocycles. The predicted molar refractivity (Wildman–Crippen MR) is 119 cm³/mol. The predicted octanol–water partition coefficient (Wildman–Crippen LogP) is 4.94. The number of fused-ring (bicyclic) bond motifs is 1. The van der Waals surface area contributed by atoms with Crippen molar-refractivity contribution < 1.29 is 4.79 Å². The summed E-state index contributed by atoms with van der Waals surface area (Å²) in [7, 11) is 0.